The molecule has 0 bridgehead atoms. The van der Waals surface area contributed by atoms with E-state index in [1.54, 1.807) is 18.3 Å². The first kappa shape index (κ1) is 17.4. The van der Waals surface area contributed by atoms with Gasteiger partial charge in [-0.3, -0.25) is 19.0 Å². The number of carbonyl (C=O) groups is 2. The number of carbonyl (C=O) groups excluding carboxylic acids is 2. The van der Waals surface area contributed by atoms with Gasteiger partial charge in [0, 0.05) is 24.5 Å². The van der Waals surface area contributed by atoms with Gasteiger partial charge in [0.15, 0.2) is 5.54 Å². The molecule has 0 radical (unpaired) electrons. The van der Waals surface area contributed by atoms with Crippen LogP contribution in [0.5, 0.6) is 0 Å². The molecule has 2 aliphatic rings. The van der Waals surface area contributed by atoms with E-state index in [2.05, 4.69) is 0 Å². The van der Waals surface area contributed by atoms with Crippen molar-refractivity contribution in [1.29, 1.82) is 0 Å². The number of anilines is 1. The molecule has 2 N–H and O–H groups in total. The standard InChI is InChI=1S/C17H16N4O5S/c18-15(23)17-9-3-11-20(17)27(25,26)21(16(17)24)13-7-5-12(6-8-13)19-10-2-1-4-14(19)22/h1-2,4-8,10H,3,9,11H2,(H2,18,23)/t17-/m0/s1. The maximum absolute atomic E-state index is 12.9. The van der Waals surface area contributed by atoms with E-state index in [4.69, 9.17) is 5.73 Å². The molecule has 27 heavy (non-hydrogen) atoms. The van der Waals surface area contributed by atoms with Gasteiger partial charge in [0.2, 0.25) is 5.91 Å². The molecule has 0 saturated carbocycles. The fourth-order valence-electron chi connectivity index (χ4n) is 3.68. The van der Waals surface area contributed by atoms with Gasteiger partial charge in [-0.2, -0.15) is 17.0 Å². The highest BCUT2D eigenvalue weighted by molar-refractivity contribution is 7.92. The number of nitrogens with zero attached hydrogens (tertiary/aromatic N) is 3. The van der Waals surface area contributed by atoms with Gasteiger partial charge in [-0.05, 0) is 43.2 Å². The highest BCUT2D eigenvalue weighted by Crippen LogP contribution is 2.43. The summed E-state index contributed by atoms with van der Waals surface area (Å²) < 4.78 is 28.6. The van der Waals surface area contributed by atoms with Crippen LogP contribution in [0.25, 0.3) is 5.69 Å². The average molecular weight is 388 g/mol. The fraction of sp³-hybridized carbons (Fsp3) is 0.235. The zero-order valence-electron chi connectivity index (χ0n) is 14.1. The quantitative estimate of drug-likeness (QED) is 0.727. The van der Waals surface area contributed by atoms with E-state index in [9.17, 15) is 22.8 Å². The summed E-state index contributed by atoms with van der Waals surface area (Å²) >= 11 is 0. The molecule has 2 amide bonds. The predicted molar refractivity (Wildman–Crippen MR) is 96.3 cm³/mol. The molecule has 2 aliphatic heterocycles. The Morgan fingerprint density at radius 2 is 1.70 bits per heavy atom. The Balaban J connectivity index is 1.78. The van der Waals surface area contributed by atoms with Crippen LogP contribution >= 0.6 is 0 Å². The summed E-state index contributed by atoms with van der Waals surface area (Å²) in [5.74, 6) is -1.83. The van der Waals surface area contributed by atoms with Gasteiger partial charge >= 0.3 is 10.2 Å². The third-order valence-electron chi connectivity index (χ3n) is 4.97. The van der Waals surface area contributed by atoms with Crippen molar-refractivity contribution in [3.05, 3.63) is 59.0 Å². The monoisotopic (exact) mass is 388 g/mol. The molecule has 0 unspecified atom stereocenters. The van der Waals surface area contributed by atoms with Gasteiger partial charge in [-0.15, -0.1) is 0 Å². The lowest BCUT2D eigenvalue weighted by atomic mass is 9.95. The summed E-state index contributed by atoms with van der Waals surface area (Å²) in [5.41, 5.74) is 3.91. The number of amides is 2. The van der Waals surface area contributed by atoms with E-state index in [1.807, 2.05) is 0 Å². The molecule has 1 atom stereocenters. The highest BCUT2D eigenvalue weighted by Gasteiger charge is 2.67. The van der Waals surface area contributed by atoms with E-state index >= 15 is 0 Å². The molecule has 1 aromatic heterocycles. The number of rotatable bonds is 3. The Morgan fingerprint density at radius 3 is 2.30 bits per heavy atom. The lowest BCUT2D eigenvalue weighted by Gasteiger charge is -2.21. The summed E-state index contributed by atoms with van der Waals surface area (Å²) in [4.78, 5) is 36.8. The molecule has 3 heterocycles. The van der Waals surface area contributed by atoms with Crippen molar-refractivity contribution in [3.8, 4) is 5.69 Å². The maximum atomic E-state index is 12.9. The number of benzene rings is 1. The topological polar surface area (TPSA) is 123 Å². The van der Waals surface area contributed by atoms with Gasteiger partial charge in [0.1, 0.15) is 0 Å². The zero-order chi connectivity index (χ0) is 19.4. The Morgan fingerprint density at radius 1 is 1.04 bits per heavy atom. The van der Waals surface area contributed by atoms with Crippen LogP contribution in [0.15, 0.2) is 53.5 Å². The molecule has 2 aromatic rings. The Hall–Kier alpha value is -2.98. The second-order valence-corrected chi connectivity index (χ2v) is 8.10. The van der Waals surface area contributed by atoms with Gasteiger partial charge in [-0.25, -0.2) is 0 Å². The number of nitrogens with two attached hydrogens (primary N) is 1. The summed E-state index contributed by atoms with van der Waals surface area (Å²) in [5, 5.41) is 0. The molecule has 4 rings (SSSR count). The molecule has 140 valence electrons. The molecular weight excluding hydrogens is 372 g/mol. The molecule has 2 fully saturated rings. The van der Waals surface area contributed by atoms with Crippen LogP contribution in [0.1, 0.15) is 12.8 Å². The van der Waals surface area contributed by atoms with Gasteiger partial charge in [0.05, 0.1) is 5.69 Å². The lowest BCUT2D eigenvalue weighted by Crippen LogP contribution is -2.55. The maximum Gasteiger partial charge on any atom is 0.312 e. The number of pyridine rings is 1. The van der Waals surface area contributed by atoms with Crippen LogP contribution in [0, 0.1) is 0 Å². The number of aromatic nitrogens is 1. The fourth-order valence-corrected chi connectivity index (χ4v) is 5.64. The summed E-state index contributed by atoms with van der Waals surface area (Å²) in [7, 11) is -4.21. The van der Waals surface area contributed by atoms with E-state index in [0.717, 1.165) is 4.31 Å². The third kappa shape index (κ3) is 2.26. The first-order valence-corrected chi connectivity index (χ1v) is 9.65. The minimum atomic E-state index is -4.21. The van der Waals surface area contributed by atoms with E-state index in [-0.39, 0.29) is 24.2 Å². The molecule has 0 aliphatic carbocycles. The summed E-state index contributed by atoms with van der Waals surface area (Å²) in [6.07, 6.45) is 2.03. The van der Waals surface area contributed by atoms with E-state index < -0.39 is 27.6 Å². The van der Waals surface area contributed by atoms with Gasteiger partial charge < -0.3 is 5.73 Å². The molecule has 0 spiro atoms. The second-order valence-electron chi connectivity index (χ2n) is 6.40. The lowest BCUT2D eigenvalue weighted by molar-refractivity contribution is -0.135. The summed E-state index contributed by atoms with van der Waals surface area (Å²) in [6.45, 7) is 0.0605. The Bertz CT molecular complexity index is 1110. The minimum Gasteiger partial charge on any atom is -0.368 e. The third-order valence-corrected chi connectivity index (χ3v) is 6.85. The number of primary amides is 1. The largest absolute Gasteiger partial charge is 0.368 e. The van der Waals surface area contributed by atoms with Crippen LogP contribution < -0.4 is 15.6 Å². The summed E-state index contributed by atoms with van der Waals surface area (Å²) in [6, 6.07) is 10.6. The normalized spacial score (nSPS) is 24.1. The molecular formula is C17H16N4O5S. The SMILES string of the molecule is NC(=O)[C@]12CCCN1S(=O)(=O)N(c1ccc(-n3ccccc3=O)cc1)C2=O. The van der Waals surface area contributed by atoms with Crippen molar-refractivity contribution in [2.75, 3.05) is 10.8 Å². The van der Waals surface area contributed by atoms with Crippen LogP contribution in [-0.2, 0) is 19.8 Å². The van der Waals surface area contributed by atoms with Gasteiger partial charge in [0.25, 0.3) is 11.5 Å². The van der Waals surface area contributed by atoms with Crippen LogP contribution in [0.2, 0.25) is 0 Å². The minimum absolute atomic E-state index is 0.0605. The Kier molecular flexibility index (Phi) is 3.72. The Labute approximate surface area is 154 Å². The van der Waals surface area contributed by atoms with Crippen molar-refractivity contribution in [3.63, 3.8) is 0 Å². The molecule has 10 heteroatoms. The van der Waals surface area contributed by atoms with E-state index in [0.29, 0.717) is 16.4 Å². The van der Waals surface area contributed by atoms with Crippen molar-refractivity contribution < 1.29 is 18.0 Å². The zero-order valence-corrected chi connectivity index (χ0v) is 14.9. The van der Waals surface area contributed by atoms with Crippen molar-refractivity contribution in [2.45, 2.75) is 18.4 Å². The van der Waals surface area contributed by atoms with Crippen LogP contribution in [0.4, 0.5) is 5.69 Å². The van der Waals surface area contributed by atoms with Crippen LogP contribution in [-0.4, -0.2) is 41.2 Å². The van der Waals surface area contributed by atoms with Gasteiger partial charge in [-0.1, -0.05) is 6.07 Å². The molecule has 2 saturated heterocycles. The molecule has 1 aromatic carbocycles. The number of hydrogen-bond acceptors (Lipinski definition) is 5. The van der Waals surface area contributed by atoms with Crippen molar-refractivity contribution in [1.82, 2.24) is 8.87 Å². The van der Waals surface area contributed by atoms with E-state index in [1.165, 1.54) is 34.9 Å². The average Bonchev–Trinajstić information content (AvgIpc) is 3.15. The smallest absolute Gasteiger partial charge is 0.312 e. The number of fused-ring (bicyclic) bond motifs is 1. The highest BCUT2D eigenvalue weighted by atomic mass is 32.2. The van der Waals surface area contributed by atoms with Crippen molar-refractivity contribution in [2.24, 2.45) is 5.73 Å². The van der Waals surface area contributed by atoms with Crippen molar-refractivity contribution >= 4 is 27.7 Å². The van der Waals surface area contributed by atoms with Crippen LogP contribution in [0.3, 0.4) is 0 Å². The predicted octanol–water partition coefficient (Wildman–Crippen LogP) is -0.251. The second kappa shape index (κ2) is 5.76. The first-order valence-electron chi connectivity index (χ1n) is 8.26. The molecule has 9 nitrogen and oxygen atoms in total. The number of hydrogen-bond donors (Lipinski definition) is 1. The first-order chi connectivity index (χ1) is 12.8.